The van der Waals surface area contributed by atoms with E-state index in [1.54, 1.807) is 6.20 Å². The van der Waals surface area contributed by atoms with Crippen molar-refractivity contribution in [2.75, 3.05) is 31.1 Å². The quantitative estimate of drug-likeness (QED) is 0.858. The molecule has 0 atom stereocenters. The third-order valence-electron chi connectivity index (χ3n) is 5.33. The minimum Gasteiger partial charge on any atom is -0.357 e. The van der Waals surface area contributed by atoms with E-state index in [0.717, 1.165) is 51.4 Å². The first kappa shape index (κ1) is 16.1. The number of likely N-dealkylation sites (tertiary alicyclic amines) is 1. The van der Waals surface area contributed by atoms with Crippen LogP contribution in [0.2, 0.25) is 0 Å². The third-order valence-corrected chi connectivity index (χ3v) is 5.33. The van der Waals surface area contributed by atoms with Crippen LogP contribution in [0.15, 0.2) is 36.8 Å². The van der Waals surface area contributed by atoms with Gasteiger partial charge in [-0.25, -0.2) is 4.98 Å². The van der Waals surface area contributed by atoms with Crippen LogP contribution in [0, 0.1) is 5.92 Å². The molecule has 0 aliphatic carbocycles. The normalized spacial score (nSPS) is 18.7. The predicted octanol–water partition coefficient (Wildman–Crippen LogP) is 2.43. The van der Waals surface area contributed by atoms with Gasteiger partial charge in [0, 0.05) is 51.3 Å². The van der Waals surface area contributed by atoms with Crippen LogP contribution in [0.3, 0.4) is 0 Å². The summed E-state index contributed by atoms with van der Waals surface area (Å²) in [7, 11) is 0. The standard InChI is InChI=1S/C19H25N5O/c25-19(17-4-5-18(20-14-17)22-9-1-2-10-22)23-12-6-16(7-13-23)15-24-11-3-8-21-24/h3-5,8,11,14,16H,1-2,6-7,9-10,12-13,15H2. The highest BCUT2D eigenvalue weighted by atomic mass is 16.2. The largest absolute Gasteiger partial charge is 0.357 e. The Morgan fingerprint density at radius 2 is 1.92 bits per heavy atom. The third kappa shape index (κ3) is 3.67. The van der Waals surface area contributed by atoms with Crippen LogP contribution in [0.5, 0.6) is 0 Å². The minimum absolute atomic E-state index is 0.109. The lowest BCUT2D eigenvalue weighted by molar-refractivity contribution is 0.0681. The van der Waals surface area contributed by atoms with Crippen LogP contribution in [-0.2, 0) is 6.54 Å². The first-order chi connectivity index (χ1) is 12.3. The van der Waals surface area contributed by atoms with Crippen LogP contribution < -0.4 is 4.90 Å². The molecule has 2 aromatic heterocycles. The second-order valence-corrected chi connectivity index (χ2v) is 7.06. The van der Waals surface area contributed by atoms with Crippen LogP contribution in [0.1, 0.15) is 36.0 Å². The Bertz CT molecular complexity index is 683. The number of aromatic nitrogens is 3. The molecule has 25 heavy (non-hydrogen) atoms. The molecule has 6 nitrogen and oxygen atoms in total. The molecule has 132 valence electrons. The summed E-state index contributed by atoms with van der Waals surface area (Å²) in [5.74, 6) is 1.70. The van der Waals surface area contributed by atoms with Crippen molar-refractivity contribution in [3.05, 3.63) is 42.4 Å². The molecule has 2 aliphatic heterocycles. The van der Waals surface area contributed by atoms with E-state index in [0.29, 0.717) is 11.5 Å². The number of piperidine rings is 1. The lowest BCUT2D eigenvalue weighted by Gasteiger charge is -2.32. The summed E-state index contributed by atoms with van der Waals surface area (Å²) in [5.41, 5.74) is 0.702. The highest BCUT2D eigenvalue weighted by Gasteiger charge is 2.24. The smallest absolute Gasteiger partial charge is 0.255 e. The van der Waals surface area contributed by atoms with Crippen molar-refractivity contribution < 1.29 is 4.79 Å². The second-order valence-electron chi connectivity index (χ2n) is 7.06. The maximum atomic E-state index is 12.7. The number of hydrogen-bond acceptors (Lipinski definition) is 4. The number of amides is 1. The fourth-order valence-corrected chi connectivity index (χ4v) is 3.82. The summed E-state index contributed by atoms with van der Waals surface area (Å²) in [6, 6.07) is 5.87. The monoisotopic (exact) mass is 339 g/mol. The fourth-order valence-electron chi connectivity index (χ4n) is 3.82. The van der Waals surface area contributed by atoms with Gasteiger partial charge in [-0.3, -0.25) is 9.48 Å². The Morgan fingerprint density at radius 1 is 1.12 bits per heavy atom. The maximum absolute atomic E-state index is 12.7. The molecule has 0 spiro atoms. The molecule has 2 aromatic rings. The van der Waals surface area contributed by atoms with E-state index in [-0.39, 0.29) is 5.91 Å². The van der Waals surface area contributed by atoms with E-state index < -0.39 is 0 Å². The van der Waals surface area contributed by atoms with Gasteiger partial charge in [0.05, 0.1) is 5.56 Å². The van der Waals surface area contributed by atoms with Gasteiger partial charge in [-0.05, 0) is 49.8 Å². The SMILES string of the molecule is O=C(c1ccc(N2CCCC2)nc1)N1CCC(Cn2cccn2)CC1. The van der Waals surface area contributed by atoms with E-state index in [2.05, 4.69) is 15.0 Å². The van der Waals surface area contributed by atoms with Crippen molar-refractivity contribution in [1.82, 2.24) is 19.7 Å². The second kappa shape index (κ2) is 7.25. The number of hydrogen-bond donors (Lipinski definition) is 0. The molecule has 2 aliphatic rings. The zero-order valence-electron chi connectivity index (χ0n) is 14.5. The number of nitrogens with zero attached hydrogens (tertiary/aromatic N) is 5. The van der Waals surface area contributed by atoms with Crippen molar-refractivity contribution in [1.29, 1.82) is 0 Å². The van der Waals surface area contributed by atoms with Crippen molar-refractivity contribution in [3.63, 3.8) is 0 Å². The van der Waals surface area contributed by atoms with Gasteiger partial charge in [-0.1, -0.05) is 0 Å². The molecule has 4 heterocycles. The van der Waals surface area contributed by atoms with Gasteiger partial charge >= 0.3 is 0 Å². The van der Waals surface area contributed by atoms with Crippen LogP contribution in [-0.4, -0.2) is 51.8 Å². The Kier molecular flexibility index (Phi) is 4.68. The van der Waals surface area contributed by atoms with E-state index >= 15 is 0 Å². The Balaban J connectivity index is 1.32. The molecule has 0 bridgehead atoms. The van der Waals surface area contributed by atoms with E-state index in [1.807, 2.05) is 40.2 Å². The van der Waals surface area contributed by atoms with E-state index in [4.69, 9.17) is 0 Å². The van der Waals surface area contributed by atoms with Crippen LogP contribution in [0.25, 0.3) is 0 Å². The zero-order chi connectivity index (χ0) is 17.1. The number of rotatable bonds is 4. The molecule has 1 amide bonds. The van der Waals surface area contributed by atoms with Gasteiger partial charge in [0.2, 0.25) is 0 Å². The molecule has 0 N–H and O–H groups in total. The summed E-state index contributed by atoms with van der Waals surface area (Å²) in [6.45, 7) is 4.73. The number of pyridine rings is 1. The predicted molar refractivity (Wildman–Crippen MR) is 96.5 cm³/mol. The van der Waals surface area contributed by atoms with E-state index in [9.17, 15) is 4.79 Å². The Hall–Kier alpha value is -2.37. The topological polar surface area (TPSA) is 54.3 Å². The molecule has 4 rings (SSSR count). The average molecular weight is 339 g/mol. The van der Waals surface area contributed by atoms with Crippen molar-refractivity contribution in [2.24, 2.45) is 5.92 Å². The average Bonchev–Trinajstić information content (AvgIpc) is 3.36. The van der Waals surface area contributed by atoms with Gasteiger partial charge in [-0.15, -0.1) is 0 Å². The minimum atomic E-state index is 0.109. The summed E-state index contributed by atoms with van der Waals surface area (Å²) >= 11 is 0. The summed E-state index contributed by atoms with van der Waals surface area (Å²) < 4.78 is 1.99. The van der Waals surface area contributed by atoms with Crippen molar-refractivity contribution >= 4 is 11.7 Å². The molecule has 0 unspecified atom stereocenters. The number of carbonyl (C=O) groups is 1. The van der Waals surface area contributed by atoms with Crippen molar-refractivity contribution in [2.45, 2.75) is 32.2 Å². The highest BCUT2D eigenvalue weighted by molar-refractivity contribution is 5.94. The molecule has 6 heteroatoms. The van der Waals surface area contributed by atoms with Crippen LogP contribution >= 0.6 is 0 Å². The lowest BCUT2D eigenvalue weighted by atomic mass is 9.96. The van der Waals surface area contributed by atoms with Gasteiger partial charge in [0.1, 0.15) is 5.82 Å². The number of anilines is 1. The molecular weight excluding hydrogens is 314 g/mol. The highest BCUT2D eigenvalue weighted by Crippen LogP contribution is 2.22. The fraction of sp³-hybridized carbons (Fsp3) is 0.526. The molecule has 0 aromatic carbocycles. The molecular formula is C19H25N5O. The van der Waals surface area contributed by atoms with Gasteiger partial charge < -0.3 is 9.80 Å². The van der Waals surface area contributed by atoms with E-state index in [1.165, 1.54) is 12.8 Å². The Labute approximate surface area is 148 Å². The lowest BCUT2D eigenvalue weighted by Crippen LogP contribution is -2.39. The summed E-state index contributed by atoms with van der Waals surface area (Å²) in [5, 5.41) is 4.28. The molecule has 2 saturated heterocycles. The molecule has 0 radical (unpaired) electrons. The maximum Gasteiger partial charge on any atom is 0.255 e. The number of carbonyl (C=O) groups excluding carboxylic acids is 1. The first-order valence-electron chi connectivity index (χ1n) is 9.27. The van der Waals surface area contributed by atoms with Gasteiger partial charge in [-0.2, -0.15) is 5.10 Å². The first-order valence-corrected chi connectivity index (χ1v) is 9.27. The molecule has 2 fully saturated rings. The van der Waals surface area contributed by atoms with Crippen LogP contribution in [0.4, 0.5) is 5.82 Å². The zero-order valence-corrected chi connectivity index (χ0v) is 14.5. The Morgan fingerprint density at radius 3 is 2.56 bits per heavy atom. The van der Waals surface area contributed by atoms with Crippen molar-refractivity contribution in [3.8, 4) is 0 Å². The summed E-state index contributed by atoms with van der Waals surface area (Å²) in [4.78, 5) is 21.5. The summed E-state index contributed by atoms with van der Waals surface area (Å²) in [6.07, 6.45) is 10.1. The molecule has 0 saturated carbocycles. The van der Waals surface area contributed by atoms with Gasteiger partial charge in [0.25, 0.3) is 5.91 Å². The van der Waals surface area contributed by atoms with Gasteiger partial charge in [0.15, 0.2) is 0 Å².